The van der Waals surface area contributed by atoms with Crippen LogP contribution in [0.3, 0.4) is 0 Å². The van der Waals surface area contributed by atoms with Gasteiger partial charge in [-0.15, -0.1) is 10.2 Å². The zero-order valence-electron chi connectivity index (χ0n) is 10.3. The van der Waals surface area contributed by atoms with Gasteiger partial charge in [0.15, 0.2) is 4.34 Å². The summed E-state index contributed by atoms with van der Waals surface area (Å²) < 4.78 is 1.17. The zero-order valence-corrected chi connectivity index (χ0v) is 11.9. The van der Waals surface area contributed by atoms with Crippen LogP contribution in [-0.4, -0.2) is 40.5 Å². The largest absolute Gasteiger partial charge is 0.303 e. The Kier molecular flexibility index (Phi) is 3.68. The molecule has 1 aromatic rings. The van der Waals surface area contributed by atoms with Crippen molar-refractivity contribution in [2.75, 3.05) is 19.3 Å². The van der Waals surface area contributed by atoms with Gasteiger partial charge in [0.1, 0.15) is 5.01 Å². The maximum atomic E-state index is 4.28. The second-order valence-corrected chi connectivity index (χ2v) is 7.45. The molecule has 0 unspecified atom stereocenters. The number of likely N-dealkylation sites (tertiary alicyclic amines) is 1. The quantitative estimate of drug-likeness (QED) is 0.769. The van der Waals surface area contributed by atoms with Crippen LogP contribution in [0.5, 0.6) is 0 Å². The molecular formula is C12H19N3S2. The van der Waals surface area contributed by atoms with E-state index < -0.39 is 0 Å². The molecular weight excluding hydrogens is 250 g/mol. The van der Waals surface area contributed by atoms with Gasteiger partial charge >= 0.3 is 0 Å². The molecule has 1 saturated carbocycles. The topological polar surface area (TPSA) is 29.0 Å². The molecule has 2 aliphatic rings. The minimum atomic E-state index is 0.753. The third kappa shape index (κ3) is 3.01. The minimum absolute atomic E-state index is 0.753. The van der Waals surface area contributed by atoms with Crippen molar-refractivity contribution < 1.29 is 0 Å². The van der Waals surface area contributed by atoms with Crippen molar-refractivity contribution in [1.82, 2.24) is 15.1 Å². The van der Waals surface area contributed by atoms with Gasteiger partial charge in [0.2, 0.25) is 0 Å². The molecule has 0 amide bonds. The van der Waals surface area contributed by atoms with E-state index in [0.29, 0.717) is 0 Å². The maximum absolute atomic E-state index is 4.28. The smallest absolute Gasteiger partial charge is 0.174 e. The van der Waals surface area contributed by atoms with E-state index in [4.69, 9.17) is 0 Å². The van der Waals surface area contributed by atoms with Gasteiger partial charge in [-0.1, -0.05) is 23.1 Å². The van der Waals surface area contributed by atoms with Crippen molar-refractivity contribution in [2.45, 2.75) is 48.4 Å². The van der Waals surface area contributed by atoms with Gasteiger partial charge in [0, 0.05) is 17.7 Å². The Morgan fingerprint density at radius 1 is 1.35 bits per heavy atom. The van der Waals surface area contributed by atoms with Crippen molar-refractivity contribution >= 4 is 23.1 Å². The standard InChI is InChI=1S/C12H19N3S2/c1-15-7-2-3-10(15)6-8-16-12-14-13-11(17-12)9-4-5-9/h9-10H,2-8H2,1H3/t10-/m0/s1. The lowest BCUT2D eigenvalue weighted by Gasteiger charge is -2.18. The highest BCUT2D eigenvalue weighted by atomic mass is 32.2. The van der Waals surface area contributed by atoms with E-state index in [2.05, 4.69) is 22.1 Å². The molecule has 0 spiro atoms. The predicted octanol–water partition coefficient (Wildman–Crippen LogP) is 2.99. The fraction of sp³-hybridized carbons (Fsp3) is 0.833. The van der Waals surface area contributed by atoms with Crippen molar-refractivity contribution in [3.63, 3.8) is 0 Å². The lowest BCUT2D eigenvalue weighted by atomic mass is 10.2. The van der Waals surface area contributed by atoms with Crippen LogP contribution in [0, 0.1) is 0 Å². The molecule has 2 heterocycles. The van der Waals surface area contributed by atoms with Crippen LogP contribution in [0.15, 0.2) is 4.34 Å². The summed E-state index contributed by atoms with van der Waals surface area (Å²) in [5.74, 6) is 1.94. The molecule has 0 aromatic carbocycles. The Morgan fingerprint density at radius 2 is 2.24 bits per heavy atom. The van der Waals surface area contributed by atoms with Crippen LogP contribution in [0.1, 0.15) is 43.0 Å². The number of nitrogens with zero attached hydrogens (tertiary/aromatic N) is 3. The number of hydrogen-bond acceptors (Lipinski definition) is 5. The van der Waals surface area contributed by atoms with Gasteiger partial charge in [-0.3, -0.25) is 0 Å². The highest BCUT2D eigenvalue weighted by Gasteiger charge is 2.27. The average molecular weight is 269 g/mol. The molecule has 5 heteroatoms. The summed E-state index contributed by atoms with van der Waals surface area (Å²) in [4.78, 5) is 2.50. The summed E-state index contributed by atoms with van der Waals surface area (Å²) >= 11 is 3.71. The first kappa shape index (κ1) is 11.9. The molecule has 94 valence electrons. The fourth-order valence-electron chi connectivity index (χ4n) is 2.40. The van der Waals surface area contributed by atoms with Crippen LogP contribution in [-0.2, 0) is 0 Å². The summed E-state index contributed by atoms with van der Waals surface area (Å²) in [5, 5.41) is 9.83. The lowest BCUT2D eigenvalue weighted by molar-refractivity contribution is 0.305. The maximum Gasteiger partial charge on any atom is 0.174 e. The van der Waals surface area contributed by atoms with Gasteiger partial charge in [0.05, 0.1) is 0 Å². The molecule has 17 heavy (non-hydrogen) atoms. The third-order valence-electron chi connectivity index (χ3n) is 3.70. The summed E-state index contributed by atoms with van der Waals surface area (Å²) in [6, 6.07) is 0.804. The molecule has 0 N–H and O–H groups in total. The number of hydrogen-bond donors (Lipinski definition) is 0. The normalized spacial score (nSPS) is 25.6. The first-order valence-corrected chi connectivity index (χ1v) is 8.29. The van der Waals surface area contributed by atoms with Crippen molar-refractivity contribution in [3.05, 3.63) is 5.01 Å². The second kappa shape index (κ2) is 5.24. The Morgan fingerprint density at radius 3 is 2.94 bits per heavy atom. The minimum Gasteiger partial charge on any atom is -0.303 e. The van der Waals surface area contributed by atoms with Crippen molar-refractivity contribution in [3.8, 4) is 0 Å². The molecule has 3 rings (SSSR count). The van der Waals surface area contributed by atoms with E-state index in [9.17, 15) is 0 Å². The summed E-state index contributed by atoms with van der Waals surface area (Å²) in [5.41, 5.74) is 0. The van der Waals surface area contributed by atoms with Crippen molar-refractivity contribution in [1.29, 1.82) is 0 Å². The molecule has 1 atom stereocenters. The number of rotatable bonds is 5. The SMILES string of the molecule is CN1CCC[C@H]1CCSc1nnc(C2CC2)s1. The van der Waals surface area contributed by atoms with Crippen molar-refractivity contribution in [2.24, 2.45) is 0 Å². The van der Waals surface area contributed by atoms with E-state index in [-0.39, 0.29) is 0 Å². The molecule has 0 bridgehead atoms. The van der Waals surface area contributed by atoms with Gasteiger partial charge in [-0.2, -0.15) is 0 Å². The highest BCUT2D eigenvalue weighted by Crippen LogP contribution is 2.42. The summed E-state index contributed by atoms with van der Waals surface area (Å²) in [6.07, 6.45) is 6.69. The number of thioether (sulfide) groups is 1. The van der Waals surface area contributed by atoms with E-state index in [1.54, 1.807) is 0 Å². The van der Waals surface area contributed by atoms with Crippen LogP contribution < -0.4 is 0 Å². The average Bonchev–Trinajstić information content (AvgIpc) is 2.94. The Labute approximate surface area is 111 Å². The first-order valence-electron chi connectivity index (χ1n) is 6.49. The molecule has 0 radical (unpaired) electrons. The molecule has 1 aliphatic heterocycles. The molecule has 3 nitrogen and oxygen atoms in total. The van der Waals surface area contributed by atoms with Gasteiger partial charge in [-0.05, 0) is 45.7 Å². The lowest BCUT2D eigenvalue weighted by Crippen LogP contribution is -2.25. The fourth-order valence-corrected chi connectivity index (χ4v) is 4.55. The van der Waals surface area contributed by atoms with Crippen LogP contribution in [0.2, 0.25) is 0 Å². The van der Waals surface area contributed by atoms with Gasteiger partial charge in [-0.25, -0.2) is 0 Å². The Hall–Kier alpha value is -0.130. The molecule has 2 fully saturated rings. The Balaban J connectivity index is 1.43. The summed E-state index contributed by atoms with van der Waals surface area (Å²) in [7, 11) is 2.25. The van der Waals surface area contributed by atoms with E-state index in [1.807, 2.05) is 23.1 Å². The van der Waals surface area contributed by atoms with Crippen LogP contribution in [0.25, 0.3) is 0 Å². The number of aromatic nitrogens is 2. The molecule has 1 aliphatic carbocycles. The van der Waals surface area contributed by atoms with E-state index in [1.165, 1.54) is 53.7 Å². The highest BCUT2D eigenvalue weighted by molar-refractivity contribution is 8.01. The van der Waals surface area contributed by atoms with E-state index in [0.717, 1.165) is 12.0 Å². The van der Waals surface area contributed by atoms with E-state index >= 15 is 0 Å². The summed E-state index contributed by atoms with van der Waals surface area (Å²) in [6.45, 7) is 1.28. The monoisotopic (exact) mass is 269 g/mol. The predicted molar refractivity (Wildman–Crippen MR) is 72.9 cm³/mol. The molecule has 1 saturated heterocycles. The molecule has 1 aromatic heterocycles. The Bertz CT molecular complexity index is 376. The van der Waals surface area contributed by atoms with Crippen LogP contribution in [0.4, 0.5) is 0 Å². The second-order valence-electron chi connectivity index (χ2n) is 5.09. The first-order chi connectivity index (χ1) is 8.33. The zero-order chi connectivity index (χ0) is 11.7. The third-order valence-corrected chi connectivity index (χ3v) is 5.95. The van der Waals surface area contributed by atoms with Gasteiger partial charge < -0.3 is 4.90 Å². The van der Waals surface area contributed by atoms with Gasteiger partial charge in [0.25, 0.3) is 0 Å². The van der Waals surface area contributed by atoms with Crippen LogP contribution >= 0.6 is 23.1 Å².